The number of hydrogen-bond donors (Lipinski definition) is 2. The van der Waals surface area contributed by atoms with E-state index in [0.717, 1.165) is 11.6 Å². The quantitative estimate of drug-likeness (QED) is 0.895. The SMILES string of the molecule is Cc1ccccc1NC(C(=O)O)c1ccc(F)cc1Cl. The van der Waals surface area contributed by atoms with Crippen molar-refractivity contribution in [1.82, 2.24) is 0 Å². The number of halogens is 2. The molecule has 2 rings (SSSR count). The number of nitrogens with one attached hydrogen (secondary N) is 1. The van der Waals surface area contributed by atoms with Crippen molar-refractivity contribution in [3.8, 4) is 0 Å². The van der Waals surface area contributed by atoms with E-state index in [1.165, 1.54) is 12.1 Å². The van der Waals surface area contributed by atoms with Crippen molar-refractivity contribution >= 4 is 23.3 Å². The minimum atomic E-state index is -1.08. The molecule has 0 bridgehead atoms. The highest BCUT2D eigenvalue weighted by Gasteiger charge is 2.23. The molecule has 1 atom stereocenters. The molecule has 2 aromatic carbocycles. The third kappa shape index (κ3) is 3.08. The van der Waals surface area contributed by atoms with Gasteiger partial charge in [0, 0.05) is 16.3 Å². The summed E-state index contributed by atoms with van der Waals surface area (Å²) < 4.78 is 13.1. The molecule has 0 spiro atoms. The van der Waals surface area contributed by atoms with Crippen molar-refractivity contribution in [2.45, 2.75) is 13.0 Å². The molecular weight excluding hydrogens is 281 g/mol. The first-order chi connectivity index (χ1) is 9.49. The van der Waals surface area contributed by atoms with Crippen molar-refractivity contribution in [3.63, 3.8) is 0 Å². The number of aryl methyl sites for hydroxylation is 1. The highest BCUT2D eigenvalue weighted by atomic mass is 35.5. The van der Waals surface area contributed by atoms with Gasteiger partial charge in [0.25, 0.3) is 0 Å². The zero-order valence-electron chi connectivity index (χ0n) is 10.7. The molecule has 0 amide bonds. The fourth-order valence-electron chi connectivity index (χ4n) is 1.90. The molecule has 0 aromatic heterocycles. The number of rotatable bonds is 4. The lowest BCUT2D eigenvalue weighted by Gasteiger charge is -2.18. The zero-order valence-corrected chi connectivity index (χ0v) is 11.5. The molecule has 2 aromatic rings. The number of benzene rings is 2. The largest absolute Gasteiger partial charge is 0.479 e. The van der Waals surface area contributed by atoms with Crippen LogP contribution in [0.3, 0.4) is 0 Å². The summed E-state index contributed by atoms with van der Waals surface area (Å²) in [7, 11) is 0. The van der Waals surface area contributed by atoms with Crippen LogP contribution in [0.2, 0.25) is 5.02 Å². The maximum absolute atomic E-state index is 13.1. The first-order valence-corrected chi connectivity index (χ1v) is 6.37. The van der Waals surface area contributed by atoms with E-state index < -0.39 is 17.8 Å². The van der Waals surface area contributed by atoms with Crippen LogP contribution in [0.4, 0.5) is 10.1 Å². The molecule has 0 radical (unpaired) electrons. The minimum absolute atomic E-state index is 0.0819. The van der Waals surface area contributed by atoms with E-state index >= 15 is 0 Å². The molecule has 1 unspecified atom stereocenters. The van der Waals surface area contributed by atoms with E-state index in [9.17, 15) is 14.3 Å². The van der Waals surface area contributed by atoms with Gasteiger partial charge in [-0.2, -0.15) is 0 Å². The van der Waals surface area contributed by atoms with Gasteiger partial charge in [0.1, 0.15) is 5.82 Å². The Morgan fingerprint density at radius 3 is 2.60 bits per heavy atom. The van der Waals surface area contributed by atoms with Gasteiger partial charge < -0.3 is 10.4 Å². The van der Waals surface area contributed by atoms with Crippen LogP contribution in [-0.2, 0) is 4.79 Å². The molecule has 0 saturated heterocycles. The molecule has 2 N–H and O–H groups in total. The first-order valence-electron chi connectivity index (χ1n) is 5.99. The van der Waals surface area contributed by atoms with Crippen LogP contribution in [0, 0.1) is 12.7 Å². The van der Waals surface area contributed by atoms with Gasteiger partial charge in [-0.25, -0.2) is 9.18 Å². The zero-order chi connectivity index (χ0) is 14.7. The molecule has 0 aliphatic carbocycles. The number of para-hydroxylation sites is 1. The first kappa shape index (κ1) is 14.3. The summed E-state index contributed by atoms with van der Waals surface area (Å²) in [6, 6.07) is 9.95. The molecule has 0 aliphatic heterocycles. The summed E-state index contributed by atoms with van der Waals surface area (Å²) in [5.41, 5.74) is 1.93. The second-order valence-corrected chi connectivity index (χ2v) is 4.80. The lowest BCUT2D eigenvalue weighted by molar-refractivity contribution is -0.138. The Balaban J connectivity index is 2.37. The van der Waals surface area contributed by atoms with Crippen molar-refractivity contribution in [3.05, 3.63) is 64.4 Å². The average Bonchev–Trinajstić information content (AvgIpc) is 2.38. The summed E-state index contributed by atoms with van der Waals surface area (Å²) in [5, 5.41) is 12.4. The maximum Gasteiger partial charge on any atom is 0.330 e. The van der Waals surface area contributed by atoms with Gasteiger partial charge in [-0.1, -0.05) is 35.9 Å². The van der Waals surface area contributed by atoms with Crippen molar-refractivity contribution < 1.29 is 14.3 Å². The number of anilines is 1. The van der Waals surface area contributed by atoms with Crippen LogP contribution in [0.25, 0.3) is 0 Å². The predicted molar refractivity (Wildman–Crippen MR) is 76.6 cm³/mol. The fourth-order valence-corrected chi connectivity index (χ4v) is 2.17. The highest BCUT2D eigenvalue weighted by Crippen LogP contribution is 2.28. The molecule has 104 valence electrons. The monoisotopic (exact) mass is 293 g/mol. The third-order valence-corrected chi connectivity index (χ3v) is 3.29. The summed E-state index contributed by atoms with van der Waals surface area (Å²) in [6.45, 7) is 1.87. The molecule has 0 saturated carbocycles. The Morgan fingerprint density at radius 1 is 1.30 bits per heavy atom. The second kappa shape index (κ2) is 5.92. The predicted octanol–water partition coefficient (Wildman–Crippen LogP) is 4.03. The Bertz CT molecular complexity index is 646. The molecule has 0 aliphatic rings. The molecular formula is C15H13ClFNO2. The topological polar surface area (TPSA) is 49.3 Å². The average molecular weight is 294 g/mol. The number of carboxylic acids is 1. The van der Waals surface area contributed by atoms with E-state index in [1.54, 1.807) is 12.1 Å². The van der Waals surface area contributed by atoms with Crippen molar-refractivity contribution in [2.75, 3.05) is 5.32 Å². The third-order valence-electron chi connectivity index (χ3n) is 2.97. The summed E-state index contributed by atoms with van der Waals surface area (Å²) in [5.74, 6) is -1.58. The highest BCUT2D eigenvalue weighted by molar-refractivity contribution is 6.31. The normalized spacial score (nSPS) is 11.9. The number of carboxylic acid groups (broad SMARTS) is 1. The lowest BCUT2D eigenvalue weighted by Crippen LogP contribution is -2.21. The van der Waals surface area contributed by atoms with Crippen molar-refractivity contribution in [2.24, 2.45) is 0 Å². The fraction of sp³-hybridized carbons (Fsp3) is 0.133. The van der Waals surface area contributed by atoms with E-state index in [4.69, 9.17) is 11.6 Å². The van der Waals surface area contributed by atoms with Gasteiger partial charge in [0.2, 0.25) is 0 Å². The maximum atomic E-state index is 13.1. The standard InChI is InChI=1S/C15H13ClFNO2/c1-9-4-2-3-5-13(9)18-14(15(19)20)11-7-6-10(17)8-12(11)16/h2-8,14,18H,1H3,(H,19,20). The summed E-state index contributed by atoms with van der Waals surface area (Å²) in [4.78, 5) is 11.4. The van der Waals surface area contributed by atoms with E-state index in [0.29, 0.717) is 11.3 Å². The molecule has 0 heterocycles. The van der Waals surface area contributed by atoms with Gasteiger partial charge in [0.05, 0.1) is 0 Å². The Morgan fingerprint density at radius 2 is 2.00 bits per heavy atom. The second-order valence-electron chi connectivity index (χ2n) is 4.40. The van der Waals surface area contributed by atoms with Crippen LogP contribution >= 0.6 is 11.6 Å². The number of hydrogen-bond acceptors (Lipinski definition) is 2. The Kier molecular flexibility index (Phi) is 4.25. The van der Waals surface area contributed by atoms with Crippen LogP contribution in [0.15, 0.2) is 42.5 Å². The van der Waals surface area contributed by atoms with Gasteiger partial charge >= 0.3 is 5.97 Å². The molecule has 3 nitrogen and oxygen atoms in total. The number of carbonyl (C=O) groups is 1. The van der Waals surface area contributed by atoms with Crippen molar-refractivity contribution in [1.29, 1.82) is 0 Å². The van der Waals surface area contributed by atoms with Gasteiger partial charge in [0.15, 0.2) is 6.04 Å². The number of aliphatic carboxylic acids is 1. The van der Waals surface area contributed by atoms with Crippen LogP contribution < -0.4 is 5.32 Å². The smallest absolute Gasteiger partial charge is 0.330 e. The molecule has 5 heteroatoms. The van der Waals surface area contributed by atoms with Gasteiger partial charge in [-0.05, 0) is 30.7 Å². The van der Waals surface area contributed by atoms with Crippen LogP contribution in [0.5, 0.6) is 0 Å². The molecule has 20 heavy (non-hydrogen) atoms. The van der Waals surface area contributed by atoms with Gasteiger partial charge in [-0.15, -0.1) is 0 Å². The minimum Gasteiger partial charge on any atom is -0.479 e. The van der Waals surface area contributed by atoms with E-state index in [1.807, 2.05) is 19.1 Å². The van der Waals surface area contributed by atoms with Crippen LogP contribution in [0.1, 0.15) is 17.2 Å². The van der Waals surface area contributed by atoms with Gasteiger partial charge in [-0.3, -0.25) is 0 Å². The van der Waals surface area contributed by atoms with E-state index in [-0.39, 0.29) is 5.02 Å². The Hall–Kier alpha value is -2.07. The summed E-state index contributed by atoms with van der Waals surface area (Å²) in [6.07, 6.45) is 0. The summed E-state index contributed by atoms with van der Waals surface area (Å²) >= 11 is 5.93. The van der Waals surface area contributed by atoms with E-state index in [2.05, 4.69) is 5.32 Å². The Labute approximate surface area is 121 Å². The van der Waals surface area contributed by atoms with Crippen LogP contribution in [-0.4, -0.2) is 11.1 Å². The molecule has 0 fully saturated rings. The lowest BCUT2D eigenvalue weighted by atomic mass is 10.1.